The van der Waals surface area contributed by atoms with Gasteiger partial charge in [0.05, 0.1) is 20.4 Å². The average molecular weight is 462 g/mol. The zero-order chi connectivity index (χ0) is 22.7. The molecule has 9 nitrogen and oxygen atoms in total. The number of hydrogen-bond acceptors (Lipinski definition) is 7. The van der Waals surface area contributed by atoms with Crippen LogP contribution in [-0.2, 0) is 6.61 Å². The Kier molecular flexibility index (Phi) is 6.52. The summed E-state index contributed by atoms with van der Waals surface area (Å²) >= 11 is 7.15. The molecule has 0 fully saturated rings. The van der Waals surface area contributed by atoms with E-state index in [-0.39, 0.29) is 17.9 Å². The first-order valence-electron chi connectivity index (χ1n) is 8.87. The van der Waals surface area contributed by atoms with Crippen molar-refractivity contribution in [3.05, 3.63) is 88.6 Å². The minimum Gasteiger partial charge on any atom is -0.489 e. The van der Waals surface area contributed by atoms with E-state index >= 15 is 0 Å². The van der Waals surface area contributed by atoms with Gasteiger partial charge in [-0.2, -0.15) is 0 Å². The highest BCUT2D eigenvalue weighted by Crippen LogP contribution is 2.32. The molecule has 1 aromatic heterocycles. The van der Waals surface area contributed by atoms with Crippen molar-refractivity contribution in [2.24, 2.45) is 0 Å². The molecule has 0 bridgehead atoms. The maximum absolute atomic E-state index is 12.5. The van der Waals surface area contributed by atoms with E-state index in [4.69, 9.17) is 16.3 Å². The fraction of sp³-hybridized carbons (Fsp3) is 0.150. The zero-order valence-electron chi connectivity index (χ0n) is 16.4. The number of aryl methyl sites for hydroxylation is 1. The minimum absolute atomic E-state index is 0.0307. The molecule has 0 spiro atoms. The van der Waals surface area contributed by atoms with Gasteiger partial charge in [-0.05, 0) is 49.1 Å². The lowest BCUT2D eigenvalue weighted by Crippen LogP contribution is -2.11. The Bertz CT molecular complexity index is 1160. The molecule has 1 N–H and O–H groups in total. The molecule has 1 heterocycles. The van der Waals surface area contributed by atoms with Gasteiger partial charge in [-0.3, -0.25) is 25.0 Å². The van der Waals surface area contributed by atoms with E-state index in [9.17, 15) is 25.0 Å². The Labute approximate surface area is 185 Å². The minimum atomic E-state index is -0.725. The summed E-state index contributed by atoms with van der Waals surface area (Å²) in [6, 6.07) is 9.10. The van der Waals surface area contributed by atoms with Crippen LogP contribution >= 0.6 is 22.9 Å². The molecule has 11 heteroatoms. The monoisotopic (exact) mass is 461 g/mol. The van der Waals surface area contributed by atoms with Gasteiger partial charge < -0.3 is 10.1 Å². The molecule has 0 atom stereocenters. The van der Waals surface area contributed by atoms with Crippen molar-refractivity contribution in [1.82, 2.24) is 0 Å². The number of rotatable bonds is 7. The second-order valence-electron chi connectivity index (χ2n) is 6.63. The van der Waals surface area contributed by atoms with Crippen LogP contribution in [0.3, 0.4) is 0 Å². The van der Waals surface area contributed by atoms with E-state index in [1.165, 1.54) is 6.92 Å². The summed E-state index contributed by atoms with van der Waals surface area (Å²) in [5, 5.41) is 27.2. The molecule has 2 aromatic carbocycles. The largest absolute Gasteiger partial charge is 0.489 e. The van der Waals surface area contributed by atoms with Gasteiger partial charge in [0.2, 0.25) is 0 Å². The molecule has 3 rings (SSSR count). The average Bonchev–Trinajstić information content (AvgIpc) is 3.19. The number of nitro groups is 2. The van der Waals surface area contributed by atoms with Gasteiger partial charge in [0.1, 0.15) is 17.9 Å². The van der Waals surface area contributed by atoms with Crippen molar-refractivity contribution in [1.29, 1.82) is 0 Å². The van der Waals surface area contributed by atoms with Crippen LogP contribution in [0.4, 0.5) is 17.1 Å². The lowest BCUT2D eigenvalue weighted by Gasteiger charge is -2.07. The number of ether oxygens (including phenoxy) is 1. The smallest absolute Gasteiger partial charge is 0.281 e. The first-order chi connectivity index (χ1) is 14.7. The number of nitro benzene ring substituents is 2. The Morgan fingerprint density at radius 3 is 2.32 bits per heavy atom. The number of thiophene rings is 1. The predicted octanol–water partition coefficient (Wildman–Crippen LogP) is 5.67. The Hall–Kier alpha value is -3.50. The van der Waals surface area contributed by atoms with Crippen LogP contribution in [0, 0.1) is 34.1 Å². The van der Waals surface area contributed by atoms with Crippen LogP contribution in [0.5, 0.6) is 5.75 Å². The second-order valence-corrected chi connectivity index (χ2v) is 7.95. The van der Waals surface area contributed by atoms with E-state index in [2.05, 4.69) is 5.32 Å². The number of carbonyl (C=O) groups is 1. The Morgan fingerprint density at radius 2 is 1.74 bits per heavy atom. The number of carbonyl (C=O) groups excluding carboxylic acids is 1. The molecule has 0 unspecified atom stereocenters. The van der Waals surface area contributed by atoms with Gasteiger partial charge in [-0.1, -0.05) is 11.6 Å². The second kappa shape index (κ2) is 9.11. The third-order valence-corrected chi connectivity index (χ3v) is 5.82. The number of nitrogens with one attached hydrogen (secondary N) is 1. The Balaban J connectivity index is 1.73. The van der Waals surface area contributed by atoms with Crippen LogP contribution in [-0.4, -0.2) is 15.8 Å². The van der Waals surface area contributed by atoms with E-state index in [0.717, 1.165) is 34.6 Å². The molecular formula is C20H16ClN3O6S. The molecular weight excluding hydrogens is 446 g/mol. The Morgan fingerprint density at radius 1 is 1.10 bits per heavy atom. The number of nitrogens with zero attached hydrogens (tertiary/aromatic N) is 2. The van der Waals surface area contributed by atoms with Crippen LogP contribution in [0.25, 0.3) is 0 Å². The molecule has 1 amide bonds. The first-order valence-corrected chi connectivity index (χ1v) is 10.1. The van der Waals surface area contributed by atoms with Crippen molar-refractivity contribution in [2.75, 3.05) is 5.32 Å². The van der Waals surface area contributed by atoms with Gasteiger partial charge in [-0.25, -0.2) is 0 Å². The van der Waals surface area contributed by atoms with E-state index in [1.54, 1.807) is 29.6 Å². The number of hydrogen-bond donors (Lipinski definition) is 1. The summed E-state index contributed by atoms with van der Waals surface area (Å²) in [5.74, 6) is 0.101. The number of halogens is 1. The molecule has 0 aliphatic heterocycles. The third-order valence-electron chi connectivity index (χ3n) is 4.42. The lowest BCUT2D eigenvalue weighted by molar-refractivity contribution is -0.395. The van der Waals surface area contributed by atoms with Crippen LogP contribution < -0.4 is 10.1 Å². The van der Waals surface area contributed by atoms with Crippen molar-refractivity contribution in [3.8, 4) is 5.75 Å². The highest BCUT2D eigenvalue weighted by molar-refractivity contribution is 7.12. The SMILES string of the molecule is Cc1cc(OCc2csc(C(=O)Nc3cc([N+](=O)[O-])c(C)c([N+](=O)[O-])c3)c2)ccc1Cl. The zero-order valence-corrected chi connectivity index (χ0v) is 18.0. The topological polar surface area (TPSA) is 125 Å². The van der Waals surface area contributed by atoms with Crippen molar-refractivity contribution in [3.63, 3.8) is 0 Å². The molecule has 0 saturated carbocycles. The summed E-state index contributed by atoms with van der Waals surface area (Å²) in [6.07, 6.45) is 0. The van der Waals surface area contributed by atoms with Crippen molar-refractivity contribution < 1.29 is 19.4 Å². The van der Waals surface area contributed by atoms with E-state index in [1.807, 2.05) is 6.92 Å². The molecule has 0 aliphatic carbocycles. The highest BCUT2D eigenvalue weighted by Gasteiger charge is 2.24. The van der Waals surface area contributed by atoms with Crippen LogP contribution in [0.1, 0.15) is 26.4 Å². The molecule has 3 aromatic rings. The van der Waals surface area contributed by atoms with Crippen molar-refractivity contribution in [2.45, 2.75) is 20.5 Å². The number of benzene rings is 2. The fourth-order valence-electron chi connectivity index (χ4n) is 2.77. The van der Waals surface area contributed by atoms with Gasteiger partial charge in [0.15, 0.2) is 0 Å². The number of amides is 1. The fourth-order valence-corrected chi connectivity index (χ4v) is 3.68. The third kappa shape index (κ3) is 5.16. The van der Waals surface area contributed by atoms with Gasteiger partial charge in [0, 0.05) is 22.7 Å². The molecule has 160 valence electrons. The van der Waals surface area contributed by atoms with E-state index in [0.29, 0.717) is 15.6 Å². The standard InChI is InChI=1S/C20H16ClN3O6S/c1-11-5-15(3-4-16(11)21)30-9-13-6-19(31-10-13)20(25)22-14-7-17(23(26)27)12(2)18(8-14)24(28)29/h3-8,10H,9H2,1-2H3,(H,22,25). The summed E-state index contributed by atoms with van der Waals surface area (Å²) in [6.45, 7) is 3.38. The first kappa shape index (κ1) is 22.2. The molecule has 0 radical (unpaired) electrons. The maximum Gasteiger partial charge on any atom is 0.281 e. The van der Waals surface area contributed by atoms with Gasteiger partial charge >= 0.3 is 0 Å². The van der Waals surface area contributed by atoms with Crippen LogP contribution in [0.2, 0.25) is 5.02 Å². The number of anilines is 1. The molecule has 0 aliphatic rings. The van der Waals surface area contributed by atoms with Crippen LogP contribution in [0.15, 0.2) is 41.8 Å². The maximum atomic E-state index is 12.5. The lowest BCUT2D eigenvalue weighted by atomic mass is 10.1. The summed E-state index contributed by atoms with van der Waals surface area (Å²) in [5.41, 5.74) is 0.637. The molecule has 31 heavy (non-hydrogen) atoms. The van der Waals surface area contributed by atoms with Gasteiger partial charge in [-0.15, -0.1) is 11.3 Å². The van der Waals surface area contributed by atoms with Gasteiger partial charge in [0.25, 0.3) is 17.3 Å². The highest BCUT2D eigenvalue weighted by atomic mass is 35.5. The molecule has 0 saturated heterocycles. The predicted molar refractivity (Wildman–Crippen MR) is 117 cm³/mol. The summed E-state index contributed by atoms with van der Waals surface area (Å²) < 4.78 is 5.70. The summed E-state index contributed by atoms with van der Waals surface area (Å²) in [7, 11) is 0. The van der Waals surface area contributed by atoms with Crippen molar-refractivity contribution >= 4 is 45.9 Å². The van der Waals surface area contributed by atoms with E-state index < -0.39 is 27.1 Å². The summed E-state index contributed by atoms with van der Waals surface area (Å²) in [4.78, 5) is 33.8. The quantitative estimate of drug-likeness (QED) is 0.357. The normalized spacial score (nSPS) is 10.5.